The first kappa shape index (κ1) is 38.3. The lowest BCUT2D eigenvalue weighted by Crippen LogP contribution is -2.52. The molecule has 55 heavy (non-hydrogen) atoms. The number of hydrogen-bond acceptors (Lipinski definition) is 11. The van der Waals surface area contributed by atoms with Crippen molar-refractivity contribution in [2.24, 2.45) is 0 Å². The van der Waals surface area contributed by atoms with Crippen molar-refractivity contribution in [1.29, 1.82) is 0 Å². The summed E-state index contributed by atoms with van der Waals surface area (Å²) in [6.07, 6.45) is 0.550. The van der Waals surface area contributed by atoms with E-state index >= 15 is 0 Å². The summed E-state index contributed by atoms with van der Waals surface area (Å²) in [4.78, 5) is 39.4. The molecule has 2 aliphatic rings. The SMILES string of the molecule is O=C1CCC(N2Cc3c(NCCOCCOCCOCCOc4ccc(Oc5c(-c6ccc(Br)cc6)sc6cc(O)ccc56)cc4)cccc3C2=O)C(=O)N1.[HH]. The number of nitrogens with one attached hydrogen (secondary N) is 2. The van der Waals surface area contributed by atoms with Gasteiger partial charge in [-0.1, -0.05) is 34.1 Å². The number of halogens is 1. The maximum atomic E-state index is 13.0. The third-order valence-corrected chi connectivity index (χ3v) is 10.9. The minimum absolute atomic E-state index is 0. The molecule has 5 aromatic rings. The Morgan fingerprint density at radius 3 is 2.31 bits per heavy atom. The highest BCUT2D eigenvalue weighted by atomic mass is 79.9. The molecule has 288 valence electrons. The second-order valence-electron chi connectivity index (χ2n) is 12.9. The van der Waals surface area contributed by atoms with Crippen LogP contribution < -0.4 is 20.1 Å². The van der Waals surface area contributed by atoms with Gasteiger partial charge in [-0.15, -0.1) is 11.3 Å². The van der Waals surface area contributed by atoms with Crippen LogP contribution in [0.25, 0.3) is 20.5 Å². The monoisotopic (exact) mass is 831 g/mol. The number of hydrogen-bond donors (Lipinski definition) is 3. The Morgan fingerprint density at radius 1 is 0.855 bits per heavy atom. The highest BCUT2D eigenvalue weighted by Gasteiger charge is 2.39. The lowest BCUT2D eigenvalue weighted by atomic mass is 10.0. The summed E-state index contributed by atoms with van der Waals surface area (Å²) in [5.41, 5.74) is 3.26. The molecular weight excluding hydrogens is 790 g/mol. The smallest absolute Gasteiger partial charge is 0.255 e. The number of ether oxygens (including phenoxy) is 5. The molecule has 1 fully saturated rings. The van der Waals surface area contributed by atoms with E-state index in [2.05, 4.69) is 26.6 Å². The Kier molecular flexibility index (Phi) is 12.6. The predicted octanol–water partition coefficient (Wildman–Crippen LogP) is 7.38. The Bertz CT molecular complexity index is 2150. The first-order chi connectivity index (χ1) is 26.8. The summed E-state index contributed by atoms with van der Waals surface area (Å²) in [6, 6.07) is 25.6. The standard InChI is InChI=1S/C41H40BrN3O9S.H2/c42-27-6-4-26(5-7-27)39-38(32-13-8-28(46)24-36(32)55-39)54-30-11-9-29(10-12-30)53-23-22-52-21-20-51-19-18-50-17-16-43-34-3-1-2-31-33(34)25-45(41(31)49)35-14-15-37(47)44-40(35)48;/h1-13,24,35,43,46H,14-23,25H2,(H,44,47,48);1H. The fourth-order valence-corrected chi connectivity index (χ4v) is 7.88. The molecule has 1 atom stereocenters. The lowest BCUT2D eigenvalue weighted by Gasteiger charge is -2.29. The number of fused-ring (bicyclic) bond motifs is 2. The van der Waals surface area contributed by atoms with E-state index in [0.717, 1.165) is 42.0 Å². The third-order valence-electron chi connectivity index (χ3n) is 9.16. The van der Waals surface area contributed by atoms with Crippen molar-refractivity contribution >= 4 is 60.8 Å². The molecule has 14 heteroatoms. The second-order valence-corrected chi connectivity index (χ2v) is 14.8. The highest BCUT2D eigenvalue weighted by Crippen LogP contribution is 2.47. The molecule has 2 aliphatic heterocycles. The topological polar surface area (TPSA) is 145 Å². The van der Waals surface area contributed by atoms with E-state index in [4.69, 9.17) is 23.7 Å². The molecule has 0 saturated carbocycles. The van der Waals surface area contributed by atoms with Crippen molar-refractivity contribution in [1.82, 2.24) is 10.2 Å². The zero-order valence-electron chi connectivity index (χ0n) is 29.9. The molecule has 0 radical (unpaired) electrons. The van der Waals surface area contributed by atoms with Crippen LogP contribution in [-0.4, -0.2) is 86.6 Å². The van der Waals surface area contributed by atoms with E-state index in [0.29, 0.717) is 82.8 Å². The van der Waals surface area contributed by atoms with Gasteiger partial charge in [0, 0.05) is 52.3 Å². The highest BCUT2D eigenvalue weighted by molar-refractivity contribution is 9.10. The van der Waals surface area contributed by atoms with E-state index in [1.807, 2.05) is 66.7 Å². The number of rotatable bonds is 18. The molecule has 7 rings (SSSR count). The summed E-state index contributed by atoms with van der Waals surface area (Å²) in [5.74, 6) is 1.40. The fourth-order valence-electron chi connectivity index (χ4n) is 6.45. The molecule has 0 bridgehead atoms. The van der Waals surface area contributed by atoms with Crippen molar-refractivity contribution in [2.45, 2.75) is 25.4 Å². The minimum Gasteiger partial charge on any atom is -0.508 e. The zero-order chi connectivity index (χ0) is 38.1. The van der Waals surface area contributed by atoms with Gasteiger partial charge in [-0.25, -0.2) is 0 Å². The van der Waals surface area contributed by atoms with Gasteiger partial charge in [-0.2, -0.15) is 0 Å². The molecule has 3 heterocycles. The molecule has 1 saturated heterocycles. The number of phenols is 1. The van der Waals surface area contributed by atoms with Crippen molar-refractivity contribution in [3.63, 3.8) is 0 Å². The normalized spacial score (nSPS) is 15.3. The molecule has 3 amide bonds. The number of nitrogens with zero attached hydrogens (tertiary/aromatic N) is 1. The van der Waals surface area contributed by atoms with Gasteiger partial charge in [-0.05, 0) is 78.7 Å². The molecule has 4 aromatic carbocycles. The third kappa shape index (κ3) is 9.46. The minimum atomic E-state index is -0.644. The van der Waals surface area contributed by atoms with Crippen LogP contribution in [0.1, 0.15) is 30.2 Å². The number of piperidine rings is 1. The Morgan fingerprint density at radius 2 is 1.56 bits per heavy atom. The first-order valence-electron chi connectivity index (χ1n) is 18.0. The van der Waals surface area contributed by atoms with Crippen molar-refractivity contribution in [2.75, 3.05) is 58.1 Å². The molecule has 0 spiro atoms. The fraction of sp³-hybridized carbons (Fsp3) is 0.293. The average molecular weight is 833 g/mol. The van der Waals surface area contributed by atoms with Crippen molar-refractivity contribution in [3.05, 3.63) is 101 Å². The predicted molar refractivity (Wildman–Crippen MR) is 214 cm³/mol. The Balaban J connectivity index is 0.00000532. The van der Waals surface area contributed by atoms with Crippen molar-refractivity contribution in [3.8, 4) is 33.4 Å². The van der Waals surface area contributed by atoms with Crippen LogP contribution in [0.5, 0.6) is 23.0 Å². The van der Waals surface area contributed by atoms with Gasteiger partial charge in [0.1, 0.15) is 29.9 Å². The number of phenolic OH excluding ortho intramolecular Hbond substituents is 1. The summed E-state index contributed by atoms with van der Waals surface area (Å²) < 4.78 is 31.1. The van der Waals surface area contributed by atoms with Crippen LogP contribution in [0.3, 0.4) is 0 Å². The summed E-state index contributed by atoms with van der Waals surface area (Å²) in [6.45, 7) is 3.81. The number of carbonyl (C=O) groups excluding carboxylic acids is 3. The Hall–Kier alpha value is -4.99. The zero-order valence-corrected chi connectivity index (χ0v) is 32.3. The lowest BCUT2D eigenvalue weighted by molar-refractivity contribution is -0.136. The van der Waals surface area contributed by atoms with Gasteiger partial charge >= 0.3 is 0 Å². The van der Waals surface area contributed by atoms with E-state index in [9.17, 15) is 19.5 Å². The van der Waals surface area contributed by atoms with Gasteiger partial charge in [0.2, 0.25) is 11.8 Å². The second kappa shape index (κ2) is 18.1. The van der Waals surface area contributed by atoms with Gasteiger partial charge < -0.3 is 39.0 Å². The number of anilines is 1. The molecule has 0 aliphatic carbocycles. The number of thiophene rings is 1. The van der Waals surface area contributed by atoms with Crippen LogP contribution in [0, 0.1) is 0 Å². The number of amides is 3. The van der Waals surface area contributed by atoms with Crippen LogP contribution in [0.15, 0.2) is 89.4 Å². The quantitative estimate of drug-likeness (QED) is 0.0605. The van der Waals surface area contributed by atoms with Crippen molar-refractivity contribution < 1.29 is 44.6 Å². The maximum Gasteiger partial charge on any atom is 0.255 e. The van der Waals surface area contributed by atoms with E-state index in [1.54, 1.807) is 34.4 Å². The maximum absolute atomic E-state index is 13.0. The summed E-state index contributed by atoms with van der Waals surface area (Å²) >= 11 is 5.07. The van der Waals surface area contributed by atoms with Crippen LogP contribution in [-0.2, 0) is 30.3 Å². The van der Waals surface area contributed by atoms with E-state index in [-0.39, 0.29) is 25.4 Å². The first-order valence-corrected chi connectivity index (χ1v) is 19.6. The van der Waals surface area contributed by atoms with E-state index < -0.39 is 11.9 Å². The van der Waals surface area contributed by atoms with Gasteiger partial charge in [0.25, 0.3) is 5.91 Å². The van der Waals surface area contributed by atoms with Crippen LogP contribution in [0.4, 0.5) is 5.69 Å². The largest absolute Gasteiger partial charge is 0.508 e. The number of aromatic hydroxyl groups is 1. The Labute approximate surface area is 331 Å². The molecule has 3 N–H and O–H groups in total. The van der Waals surface area contributed by atoms with Crippen LogP contribution in [0.2, 0.25) is 0 Å². The number of benzene rings is 4. The number of carbonyl (C=O) groups is 3. The van der Waals surface area contributed by atoms with Gasteiger partial charge in [-0.3, -0.25) is 19.7 Å². The summed E-state index contributed by atoms with van der Waals surface area (Å²) in [7, 11) is 0. The van der Waals surface area contributed by atoms with E-state index in [1.165, 1.54) is 0 Å². The molecule has 1 aromatic heterocycles. The summed E-state index contributed by atoms with van der Waals surface area (Å²) in [5, 5.41) is 16.6. The average Bonchev–Trinajstić information content (AvgIpc) is 3.71. The molecule has 1 unspecified atom stereocenters. The van der Waals surface area contributed by atoms with Crippen LogP contribution >= 0.6 is 27.3 Å². The number of imide groups is 1. The molecular formula is C41H42BrN3O9S. The molecule has 12 nitrogen and oxygen atoms in total. The van der Waals surface area contributed by atoms with Gasteiger partial charge in [0.05, 0.1) is 44.5 Å². The van der Waals surface area contributed by atoms with Gasteiger partial charge in [0.15, 0.2) is 5.75 Å².